The van der Waals surface area contributed by atoms with Crippen molar-refractivity contribution in [1.29, 1.82) is 0 Å². The second-order valence-corrected chi connectivity index (χ2v) is 18.7. The first-order chi connectivity index (χ1) is 36.2. The number of hydrogen-bond acceptors (Lipinski definition) is 14. The third-order valence-corrected chi connectivity index (χ3v) is 12.8. The Hall–Kier alpha value is -8.05. The van der Waals surface area contributed by atoms with Crippen molar-refractivity contribution in [2.45, 2.75) is 114 Å². The van der Waals surface area contributed by atoms with Crippen molar-refractivity contribution in [2.24, 2.45) is 11.7 Å². The highest BCUT2D eigenvalue weighted by Gasteiger charge is 2.35. The number of carboxylic acids is 1. The molecule has 22 nitrogen and oxygen atoms in total. The van der Waals surface area contributed by atoms with Gasteiger partial charge < -0.3 is 58.3 Å². The first-order valence-electron chi connectivity index (χ1n) is 24.7. The molecule has 0 fully saturated rings. The SMILES string of the molecule is CCC(C)[C@H](NC(=O)[C@H](CS)NC(C)=O)C(=O)N[C@@H](Cc1ccc(O)cc1)C(=O)N[C@@H](CCCCN)C(=O)N[C@@H](Cc1ccc([N+](=O)[O-])cc1)C(=O)N[C@@H](Cc1ccc(O)cc1)C(=O)N[C@@H](Cc1ccccc1)C(=O)O. The Morgan fingerprint density at radius 2 is 0.947 bits per heavy atom. The van der Waals surface area contributed by atoms with Crippen molar-refractivity contribution in [3.8, 4) is 11.5 Å². The van der Waals surface area contributed by atoms with Gasteiger partial charge in [0.1, 0.15) is 53.8 Å². The third kappa shape index (κ3) is 19.7. The summed E-state index contributed by atoms with van der Waals surface area (Å²) in [7, 11) is 0. The lowest BCUT2D eigenvalue weighted by molar-refractivity contribution is -0.384. The van der Waals surface area contributed by atoms with Gasteiger partial charge in [-0.3, -0.25) is 43.7 Å². The largest absolute Gasteiger partial charge is 0.508 e. The molecule has 7 amide bonds. The number of non-ortho nitro benzene ring substituents is 1. The maximum atomic E-state index is 14.6. The number of carboxylic acid groups (broad SMARTS) is 1. The standard InChI is InChI=1S/C53H67N9O13S/c1-4-31(2)46(61-51(70)45(30-76)55-32(3)63)52(71)59-43(28-36-17-23-39(65)24-18-36)48(67)56-40(12-8-9-25-54)47(66)57-41(26-34-13-19-37(20-14-34)62(74)75)49(68)58-42(27-35-15-21-38(64)22-16-35)50(69)60-44(53(72)73)29-33-10-6-5-7-11-33/h5-7,10-11,13-24,31,40-46,64-65,76H,4,8-9,12,25-30,54H2,1-3H3,(H,55,63)(H,56,67)(H,57,66)(H,58,68)(H,59,71)(H,60,69)(H,61,70)(H,72,73)/t31?,40-,41-,42-,43-,44-,45-,46-/m0/s1. The topological polar surface area (TPSA) is 351 Å². The van der Waals surface area contributed by atoms with Crippen molar-refractivity contribution in [3.05, 3.63) is 135 Å². The van der Waals surface area contributed by atoms with Crippen LogP contribution in [0.15, 0.2) is 103 Å². The van der Waals surface area contributed by atoms with Crippen molar-refractivity contribution in [1.82, 2.24) is 37.2 Å². The minimum atomic E-state index is -1.55. The van der Waals surface area contributed by atoms with Gasteiger partial charge in [0.05, 0.1) is 4.92 Å². The van der Waals surface area contributed by atoms with Gasteiger partial charge in [0, 0.05) is 50.5 Å². The summed E-state index contributed by atoms with van der Waals surface area (Å²) in [5.41, 5.74) is 7.42. The summed E-state index contributed by atoms with van der Waals surface area (Å²) in [6.07, 6.45) is 0.240. The molecule has 0 aliphatic rings. The minimum absolute atomic E-state index is 0.0375. The van der Waals surface area contributed by atoms with E-state index in [1.54, 1.807) is 44.2 Å². The number of carbonyl (C=O) groups is 8. The lowest BCUT2D eigenvalue weighted by atomic mass is 9.96. The van der Waals surface area contributed by atoms with Crippen LogP contribution in [0.2, 0.25) is 0 Å². The molecule has 0 bridgehead atoms. The Balaban J connectivity index is 1.71. The number of nitrogens with two attached hydrogens (primary N) is 1. The van der Waals surface area contributed by atoms with E-state index in [1.165, 1.54) is 79.7 Å². The van der Waals surface area contributed by atoms with Gasteiger partial charge in [-0.05, 0) is 78.2 Å². The Labute approximate surface area is 445 Å². The molecule has 12 N–H and O–H groups in total. The van der Waals surface area contributed by atoms with E-state index in [2.05, 4.69) is 49.8 Å². The highest BCUT2D eigenvalue weighted by molar-refractivity contribution is 7.80. The van der Waals surface area contributed by atoms with Gasteiger partial charge in [-0.2, -0.15) is 12.6 Å². The molecular formula is C53H67N9O13S. The lowest BCUT2D eigenvalue weighted by Gasteiger charge is -2.29. The Morgan fingerprint density at radius 3 is 1.37 bits per heavy atom. The van der Waals surface area contributed by atoms with Crippen molar-refractivity contribution < 1.29 is 58.6 Å². The number of nitrogens with zero attached hydrogens (tertiary/aromatic N) is 1. The van der Waals surface area contributed by atoms with E-state index in [0.29, 0.717) is 35.1 Å². The van der Waals surface area contributed by atoms with E-state index >= 15 is 0 Å². The number of amides is 7. The highest BCUT2D eigenvalue weighted by atomic mass is 32.1. The molecule has 23 heteroatoms. The monoisotopic (exact) mass is 1070 g/mol. The fourth-order valence-corrected chi connectivity index (χ4v) is 8.17. The number of benzene rings is 4. The van der Waals surface area contributed by atoms with Gasteiger partial charge in [-0.25, -0.2) is 4.79 Å². The lowest BCUT2D eigenvalue weighted by Crippen LogP contribution is -2.61. The highest BCUT2D eigenvalue weighted by Crippen LogP contribution is 2.18. The zero-order valence-corrected chi connectivity index (χ0v) is 43.3. The van der Waals surface area contributed by atoms with E-state index in [0.717, 1.165) is 0 Å². The number of nitrogens with one attached hydrogen (secondary N) is 7. The van der Waals surface area contributed by atoms with E-state index in [4.69, 9.17) is 5.73 Å². The van der Waals surface area contributed by atoms with Crippen LogP contribution in [0.3, 0.4) is 0 Å². The first-order valence-corrected chi connectivity index (χ1v) is 25.3. The Kier molecular flexibility index (Phi) is 24.2. The van der Waals surface area contributed by atoms with Crippen LogP contribution in [0.25, 0.3) is 0 Å². The quantitative estimate of drug-likeness (QED) is 0.0154. The summed E-state index contributed by atoms with van der Waals surface area (Å²) in [5.74, 6) is -7.67. The third-order valence-electron chi connectivity index (χ3n) is 12.4. The molecule has 0 heterocycles. The predicted octanol–water partition coefficient (Wildman–Crippen LogP) is 1.88. The molecule has 0 saturated carbocycles. The molecule has 1 unspecified atom stereocenters. The molecule has 408 valence electrons. The number of nitro groups is 1. The summed E-state index contributed by atoms with van der Waals surface area (Å²) in [5, 5.41) is 60.1. The van der Waals surface area contributed by atoms with Crippen LogP contribution in [-0.2, 0) is 64.0 Å². The van der Waals surface area contributed by atoms with Crippen molar-refractivity contribution in [2.75, 3.05) is 12.3 Å². The number of thiol groups is 1. The average molecular weight is 1070 g/mol. The van der Waals surface area contributed by atoms with E-state index < -0.39 is 100 Å². The second kappa shape index (κ2) is 30.4. The van der Waals surface area contributed by atoms with E-state index in [-0.39, 0.29) is 68.0 Å². The van der Waals surface area contributed by atoms with Crippen LogP contribution in [0.1, 0.15) is 68.7 Å². The fraction of sp³-hybridized carbons (Fsp3) is 0.396. The molecule has 4 aromatic rings. The molecule has 76 heavy (non-hydrogen) atoms. The molecule has 0 aromatic heterocycles. The van der Waals surface area contributed by atoms with Crippen molar-refractivity contribution >= 4 is 65.6 Å². The number of aliphatic carboxylic acids is 1. The average Bonchev–Trinajstić information content (AvgIpc) is 3.39. The molecule has 0 saturated heterocycles. The molecular weight excluding hydrogens is 1000 g/mol. The summed E-state index contributed by atoms with van der Waals surface area (Å²) in [6, 6.07) is 15.6. The number of aromatic hydroxyl groups is 2. The molecule has 4 aromatic carbocycles. The van der Waals surface area contributed by atoms with Gasteiger partial charge in [-0.15, -0.1) is 0 Å². The number of rotatable bonds is 30. The minimum Gasteiger partial charge on any atom is -0.508 e. The van der Waals surface area contributed by atoms with Crippen LogP contribution < -0.4 is 43.0 Å². The van der Waals surface area contributed by atoms with Gasteiger partial charge in [-0.1, -0.05) is 87.0 Å². The molecule has 4 rings (SSSR count). The van der Waals surface area contributed by atoms with Gasteiger partial charge in [0.2, 0.25) is 41.4 Å². The maximum absolute atomic E-state index is 14.6. The fourth-order valence-electron chi connectivity index (χ4n) is 7.91. The summed E-state index contributed by atoms with van der Waals surface area (Å²) < 4.78 is 0. The summed E-state index contributed by atoms with van der Waals surface area (Å²) in [4.78, 5) is 121. The molecule has 8 atom stereocenters. The number of phenols is 2. The van der Waals surface area contributed by atoms with Gasteiger partial charge in [0.25, 0.3) is 5.69 Å². The summed E-state index contributed by atoms with van der Waals surface area (Å²) in [6.45, 7) is 4.92. The number of carbonyl (C=O) groups excluding carboxylic acids is 7. The second-order valence-electron chi connectivity index (χ2n) is 18.3. The van der Waals surface area contributed by atoms with Crippen LogP contribution in [0.5, 0.6) is 11.5 Å². The molecule has 0 spiro atoms. The maximum Gasteiger partial charge on any atom is 0.326 e. The van der Waals surface area contributed by atoms with Gasteiger partial charge in [0.15, 0.2) is 0 Å². The number of unbranched alkanes of at least 4 members (excludes halogenated alkanes) is 1. The Bertz CT molecular complexity index is 2610. The van der Waals surface area contributed by atoms with Crippen LogP contribution >= 0.6 is 12.6 Å². The first kappa shape index (κ1) is 60.5. The van der Waals surface area contributed by atoms with E-state index in [1.807, 2.05) is 0 Å². The molecule has 0 aliphatic carbocycles. The van der Waals surface area contributed by atoms with Gasteiger partial charge >= 0.3 is 5.97 Å². The molecule has 0 radical (unpaired) electrons. The number of phenolic OH excluding ortho intramolecular Hbond substituents is 2. The zero-order chi connectivity index (χ0) is 55.9. The van der Waals surface area contributed by atoms with Crippen LogP contribution in [0.4, 0.5) is 5.69 Å². The summed E-state index contributed by atoms with van der Waals surface area (Å²) >= 11 is 4.17. The van der Waals surface area contributed by atoms with Crippen LogP contribution in [0, 0.1) is 16.0 Å². The predicted molar refractivity (Wildman–Crippen MR) is 284 cm³/mol. The van der Waals surface area contributed by atoms with Crippen LogP contribution in [-0.4, -0.2) is 122 Å². The van der Waals surface area contributed by atoms with E-state index in [9.17, 15) is 63.8 Å². The number of nitro benzene ring substituents is 1. The normalized spacial score (nSPS) is 14.1. The Morgan fingerprint density at radius 1 is 0.553 bits per heavy atom. The zero-order valence-electron chi connectivity index (χ0n) is 42.4. The number of hydrogen-bond donors (Lipinski definition) is 12. The van der Waals surface area contributed by atoms with Crippen molar-refractivity contribution in [3.63, 3.8) is 0 Å². The molecule has 0 aliphatic heterocycles. The smallest absolute Gasteiger partial charge is 0.326 e.